The van der Waals surface area contributed by atoms with E-state index in [0.717, 1.165) is 0 Å². The maximum atomic E-state index is 7.25. The molecule has 0 saturated carbocycles. The number of hydrogen-bond donors (Lipinski definition) is 0. The molecule has 0 aromatic rings. The molecule has 0 unspecified atom stereocenters. The lowest BCUT2D eigenvalue weighted by Crippen LogP contribution is -1.77. The predicted octanol–water partition coefficient (Wildman–Crippen LogP) is 2.12. The molecule has 0 aromatic carbocycles. The average Bonchev–Trinajstić information content (AvgIpc) is 1.78. The minimum atomic E-state index is -1.04. The maximum absolute atomic E-state index is 7.25. The third-order valence-corrected chi connectivity index (χ3v) is 0.837. The zero-order valence-electron chi connectivity index (χ0n) is 6.70. The Morgan fingerprint density at radius 1 is 1.67 bits per heavy atom. The molecule has 1 aliphatic rings. The molecule has 0 heterocycles. The summed E-state index contributed by atoms with van der Waals surface area (Å²) in [4.78, 5) is 0. The molecule has 1 rings (SSSR count). The first-order valence-corrected chi connectivity index (χ1v) is 2.26. The highest BCUT2D eigenvalue weighted by atomic mass is 13.9. The minimum absolute atomic E-state index is 0.422. The SMILES string of the molecule is [2H]C1=CCC([2H])([2H])CC1. The van der Waals surface area contributed by atoms with Gasteiger partial charge < -0.3 is 0 Å². The van der Waals surface area contributed by atoms with E-state index in [-0.39, 0.29) is 0 Å². The van der Waals surface area contributed by atoms with Crippen LogP contribution in [0.25, 0.3) is 0 Å². The van der Waals surface area contributed by atoms with Gasteiger partial charge in [-0.15, -0.1) is 0 Å². The van der Waals surface area contributed by atoms with E-state index in [1.807, 2.05) is 0 Å². The monoisotopic (exact) mass is 85.1 g/mol. The molecule has 6 heavy (non-hydrogen) atoms. The maximum Gasteiger partial charge on any atom is 0.0572 e. The summed E-state index contributed by atoms with van der Waals surface area (Å²) in [5.74, 6) is 0. The quantitative estimate of drug-likeness (QED) is 0.395. The van der Waals surface area contributed by atoms with E-state index >= 15 is 0 Å². The fraction of sp³-hybridized carbons (Fsp3) is 0.667. The summed E-state index contributed by atoms with van der Waals surface area (Å²) in [6.45, 7) is 0. The molecule has 0 fully saturated rings. The normalized spacial score (nSPS) is 38.7. The lowest BCUT2D eigenvalue weighted by Gasteiger charge is -1.97. The average molecular weight is 85.2 g/mol. The second-order valence-electron chi connectivity index (χ2n) is 1.36. The zero-order chi connectivity index (χ0) is 6.91. The van der Waals surface area contributed by atoms with E-state index in [2.05, 4.69) is 0 Å². The Morgan fingerprint density at radius 3 is 3.17 bits per heavy atom. The second kappa shape index (κ2) is 2.01. The number of rotatable bonds is 0. The highest BCUT2D eigenvalue weighted by Crippen LogP contribution is 2.07. The molecule has 34 valence electrons. The molecular formula is C6H10. The Kier molecular flexibility index (Phi) is 0.566. The largest absolute Gasteiger partial charge is 0.0885 e. The first-order chi connectivity index (χ1) is 4.10. The van der Waals surface area contributed by atoms with Gasteiger partial charge in [0, 0.05) is 2.74 Å². The topological polar surface area (TPSA) is 0 Å². The lowest BCUT2D eigenvalue weighted by atomic mass is 10.1. The predicted molar refractivity (Wildman–Crippen MR) is 27.6 cm³/mol. The summed E-state index contributed by atoms with van der Waals surface area (Å²) >= 11 is 0. The Balaban J connectivity index is 2.56. The Labute approximate surface area is 43.1 Å². The van der Waals surface area contributed by atoms with E-state index in [1.165, 1.54) is 0 Å². The molecule has 0 amide bonds. The summed E-state index contributed by atoms with van der Waals surface area (Å²) in [5, 5.41) is 0. The highest BCUT2D eigenvalue weighted by molar-refractivity contribution is 4.85. The van der Waals surface area contributed by atoms with Gasteiger partial charge in [0.2, 0.25) is 0 Å². The van der Waals surface area contributed by atoms with Gasteiger partial charge in [-0.1, -0.05) is 12.1 Å². The summed E-state index contributed by atoms with van der Waals surface area (Å²) in [6.07, 6.45) is 2.18. The smallest absolute Gasteiger partial charge is 0.0572 e. The van der Waals surface area contributed by atoms with Crippen molar-refractivity contribution in [3.05, 3.63) is 12.1 Å². The molecule has 0 aromatic heterocycles. The van der Waals surface area contributed by atoms with Crippen LogP contribution < -0.4 is 0 Å². The van der Waals surface area contributed by atoms with Crippen molar-refractivity contribution in [2.45, 2.75) is 25.6 Å². The van der Waals surface area contributed by atoms with Gasteiger partial charge in [0.05, 0.1) is 1.37 Å². The fourth-order valence-electron chi connectivity index (χ4n) is 0.509. The molecule has 0 heteroatoms. The lowest BCUT2D eigenvalue weighted by molar-refractivity contribution is 0.730. The van der Waals surface area contributed by atoms with Crippen LogP contribution in [0.5, 0.6) is 0 Å². The summed E-state index contributed by atoms with van der Waals surface area (Å²) < 4.78 is 21.7. The molecular weight excluding hydrogens is 72.1 g/mol. The molecule has 0 aliphatic heterocycles. The molecule has 0 spiro atoms. The van der Waals surface area contributed by atoms with Crippen molar-refractivity contribution >= 4 is 0 Å². The van der Waals surface area contributed by atoms with Crippen molar-refractivity contribution in [2.24, 2.45) is 0 Å². The van der Waals surface area contributed by atoms with Crippen LogP contribution in [0.15, 0.2) is 12.1 Å². The summed E-state index contributed by atoms with van der Waals surface area (Å²) in [7, 11) is 0. The van der Waals surface area contributed by atoms with Gasteiger partial charge in [0.1, 0.15) is 0 Å². The van der Waals surface area contributed by atoms with Crippen LogP contribution in [0.4, 0.5) is 0 Å². The first-order valence-electron chi connectivity index (χ1n) is 3.76. The first kappa shape index (κ1) is 1.69. The van der Waals surface area contributed by atoms with Crippen molar-refractivity contribution in [3.8, 4) is 0 Å². The van der Waals surface area contributed by atoms with Gasteiger partial charge in [0.15, 0.2) is 0 Å². The molecule has 0 N–H and O–H groups in total. The molecule has 0 saturated heterocycles. The van der Waals surface area contributed by atoms with Crippen molar-refractivity contribution in [1.82, 2.24) is 0 Å². The number of hydrogen-bond acceptors (Lipinski definition) is 0. The molecule has 0 atom stereocenters. The van der Waals surface area contributed by atoms with Crippen molar-refractivity contribution < 1.29 is 4.11 Å². The molecule has 0 bridgehead atoms. The van der Waals surface area contributed by atoms with Crippen molar-refractivity contribution in [2.75, 3.05) is 0 Å². The van der Waals surface area contributed by atoms with E-state index in [0.29, 0.717) is 25.3 Å². The van der Waals surface area contributed by atoms with Crippen LogP contribution in [0.1, 0.15) is 29.7 Å². The van der Waals surface area contributed by atoms with Gasteiger partial charge in [-0.05, 0) is 25.6 Å². The van der Waals surface area contributed by atoms with Crippen LogP contribution >= 0.6 is 0 Å². The van der Waals surface area contributed by atoms with E-state index in [1.54, 1.807) is 6.08 Å². The van der Waals surface area contributed by atoms with Crippen LogP contribution in [0.3, 0.4) is 0 Å². The van der Waals surface area contributed by atoms with E-state index < -0.39 is 6.37 Å². The van der Waals surface area contributed by atoms with Crippen molar-refractivity contribution in [1.29, 1.82) is 0 Å². The molecule has 0 nitrogen and oxygen atoms in total. The Bertz CT molecular complexity index is 137. The van der Waals surface area contributed by atoms with Gasteiger partial charge in [-0.2, -0.15) is 0 Å². The Morgan fingerprint density at radius 2 is 2.67 bits per heavy atom. The van der Waals surface area contributed by atoms with Crippen LogP contribution in [-0.4, -0.2) is 0 Å². The molecule has 1 aliphatic carbocycles. The fourth-order valence-corrected chi connectivity index (χ4v) is 0.509. The Hall–Kier alpha value is -0.260. The third-order valence-electron chi connectivity index (χ3n) is 0.837. The van der Waals surface area contributed by atoms with Gasteiger partial charge in [0.25, 0.3) is 0 Å². The van der Waals surface area contributed by atoms with Crippen molar-refractivity contribution in [3.63, 3.8) is 0 Å². The minimum Gasteiger partial charge on any atom is -0.0885 e. The van der Waals surface area contributed by atoms with Crippen LogP contribution in [0.2, 0.25) is 0 Å². The van der Waals surface area contributed by atoms with Gasteiger partial charge in [-0.25, -0.2) is 0 Å². The van der Waals surface area contributed by atoms with E-state index in [9.17, 15) is 0 Å². The third kappa shape index (κ3) is 0.852. The summed E-state index contributed by atoms with van der Waals surface area (Å²) in [5.41, 5.74) is 0. The van der Waals surface area contributed by atoms with Crippen LogP contribution in [-0.2, 0) is 0 Å². The van der Waals surface area contributed by atoms with Gasteiger partial charge in [-0.3, -0.25) is 0 Å². The highest BCUT2D eigenvalue weighted by Gasteiger charge is 1.87. The molecule has 0 radical (unpaired) electrons. The zero-order valence-corrected chi connectivity index (χ0v) is 3.70. The number of allylic oxidation sites excluding steroid dienone is 2. The van der Waals surface area contributed by atoms with E-state index in [4.69, 9.17) is 4.11 Å². The second-order valence-corrected chi connectivity index (χ2v) is 1.36. The standard InChI is InChI=1S/C6H10/c1-2-4-6-5-3-1/h1-2H,3-6H2/i1D,6D2. The van der Waals surface area contributed by atoms with Gasteiger partial charge >= 0.3 is 0 Å². The summed E-state index contributed by atoms with van der Waals surface area (Å²) in [6, 6.07) is 0.588. The van der Waals surface area contributed by atoms with Crippen LogP contribution in [0, 0.1) is 0 Å².